The highest BCUT2D eigenvalue weighted by atomic mass is 32.2. The Morgan fingerprint density at radius 3 is 2.81 bits per heavy atom. The van der Waals surface area contributed by atoms with Crippen LogP contribution in [0.3, 0.4) is 0 Å². The first-order valence-corrected chi connectivity index (χ1v) is 8.55. The molecule has 0 saturated carbocycles. The van der Waals surface area contributed by atoms with Crippen molar-refractivity contribution in [1.82, 2.24) is 9.62 Å². The minimum Gasteiger partial charge on any atom is -0.379 e. The van der Waals surface area contributed by atoms with Gasteiger partial charge in [-0.25, -0.2) is 8.42 Å². The minimum atomic E-state index is -3.44. The molecule has 1 aromatic rings. The number of fused-ring (bicyclic) bond motifs is 1. The molecule has 7 heteroatoms. The number of amidine groups is 1. The molecule has 0 bridgehead atoms. The average molecular weight is 309 g/mol. The highest BCUT2D eigenvalue weighted by Crippen LogP contribution is 2.22. The highest BCUT2D eigenvalue weighted by molar-refractivity contribution is 7.90. The van der Waals surface area contributed by atoms with Gasteiger partial charge < -0.3 is 4.74 Å². The van der Waals surface area contributed by atoms with Crippen molar-refractivity contribution in [3.63, 3.8) is 0 Å². The van der Waals surface area contributed by atoms with E-state index >= 15 is 0 Å². The molecule has 0 aromatic heterocycles. The molecular formula is C14H19N3O3S. The van der Waals surface area contributed by atoms with E-state index in [1.807, 2.05) is 6.07 Å². The fraction of sp³-hybridized carbons (Fsp3) is 0.500. The number of ether oxygens (including phenoxy) is 1. The van der Waals surface area contributed by atoms with Crippen molar-refractivity contribution in [2.45, 2.75) is 17.9 Å². The molecule has 2 aliphatic rings. The lowest BCUT2D eigenvalue weighted by molar-refractivity contribution is 0.0221. The molecule has 1 N–H and O–H groups in total. The Morgan fingerprint density at radius 2 is 2.05 bits per heavy atom. The van der Waals surface area contributed by atoms with Crippen molar-refractivity contribution >= 4 is 15.9 Å². The summed E-state index contributed by atoms with van der Waals surface area (Å²) in [6.45, 7) is 5.95. The van der Waals surface area contributed by atoms with Gasteiger partial charge in [0, 0.05) is 24.7 Å². The van der Waals surface area contributed by atoms with Crippen molar-refractivity contribution in [2.24, 2.45) is 4.99 Å². The van der Waals surface area contributed by atoms with Gasteiger partial charge in [0.1, 0.15) is 5.84 Å². The van der Waals surface area contributed by atoms with E-state index in [2.05, 4.69) is 21.5 Å². The van der Waals surface area contributed by atoms with Crippen LogP contribution in [0.1, 0.15) is 12.5 Å². The molecule has 3 rings (SSSR count). The maximum absolute atomic E-state index is 12.0. The second-order valence-electron chi connectivity index (χ2n) is 5.29. The molecule has 1 atom stereocenters. The zero-order valence-corrected chi connectivity index (χ0v) is 12.8. The van der Waals surface area contributed by atoms with Crippen LogP contribution in [0.2, 0.25) is 0 Å². The van der Waals surface area contributed by atoms with Gasteiger partial charge in [-0.05, 0) is 19.1 Å². The lowest BCUT2D eigenvalue weighted by Crippen LogP contribution is -2.43. The number of rotatable bonds is 3. The standard InChI is InChI=1S/C14H19N3O3S/c1-11(17-6-8-20-9-7-17)10-15-14-12-4-2-3-5-13(12)21(18,19)16-14/h2-5,11H,6-10H2,1H3,(H,15,16)/t11-/m1/s1. The van der Waals surface area contributed by atoms with Crippen molar-refractivity contribution < 1.29 is 13.2 Å². The number of nitrogens with one attached hydrogen (secondary N) is 1. The van der Waals surface area contributed by atoms with E-state index in [1.165, 1.54) is 0 Å². The van der Waals surface area contributed by atoms with Gasteiger partial charge in [0.05, 0.1) is 24.7 Å². The highest BCUT2D eigenvalue weighted by Gasteiger charge is 2.30. The van der Waals surface area contributed by atoms with Crippen LogP contribution in [0, 0.1) is 0 Å². The molecule has 0 unspecified atom stereocenters. The van der Waals surface area contributed by atoms with Gasteiger partial charge in [0.25, 0.3) is 10.0 Å². The third kappa shape index (κ3) is 2.95. The molecule has 1 saturated heterocycles. The van der Waals surface area contributed by atoms with E-state index < -0.39 is 10.0 Å². The minimum absolute atomic E-state index is 0.263. The van der Waals surface area contributed by atoms with Crippen molar-refractivity contribution in [3.05, 3.63) is 29.8 Å². The Bertz CT molecular complexity index is 651. The Kier molecular flexibility index (Phi) is 3.97. The summed E-state index contributed by atoms with van der Waals surface area (Å²) >= 11 is 0. The Hall–Kier alpha value is -1.44. The zero-order chi connectivity index (χ0) is 14.9. The monoisotopic (exact) mass is 309 g/mol. The predicted octanol–water partition coefficient (Wildman–Crippen LogP) is 0.446. The van der Waals surface area contributed by atoms with Crippen LogP contribution in [0.4, 0.5) is 0 Å². The van der Waals surface area contributed by atoms with Gasteiger partial charge in [-0.3, -0.25) is 14.6 Å². The molecular weight excluding hydrogens is 290 g/mol. The van der Waals surface area contributed by atoms with Crippen LogP contribution in [0.15, 0.2) is 34.2 Å². The van der Waals surface area contributed by atoms with E-state index in [0.29, 0.717) is 22.8 Å². The summed E-state index contributed by atoms with van der Waals surface area (Å²) in [6, 6.07) is 7.19. The maximum atomic E-state index is 12.0. The second kappa shape index (κ2) is 5.75. The molecule has 1 aromatic carbocycles. The molecule has 0 spiro atoms. The quantitative estimate of drug-likeness (QED) is 0.880. The average Bonchev–Trinajstić information content (AvgIpc) is 2.77. The number of morpholine rings is 1. The summed E-state index contributed by atoms with van der Waals surface area (Å²) in [5.74, 6) is 0.450. The number of benzene rings is 1. The molecule has 114 valence electrons. The van der Waals surface area contributed by atoms with Crippen LogP contribution in [-0.2, 0) is 14.8 Å². The van der Waals surface area contributed by atoms with Crippen molar-refractivity contribution in [2.75, 3.05) is 32.8 Å². The third-order valence-electron chi connectivity index (χ3n) is 3.85. The molecule has 1 fully saturated rings. The van der Waals surface area contributed by atoms with Crippen LogP contribution >= 0.6 is 0 Å². The van der Waals surface area contributed by atoms with E-state index in [-0.39, 0.29) is 6.04 Å². The number of nitrogens with zero attached hydrogens (tertiary/aromatic N) is 2. The fourth-order valence-electron chi connectivity index (χ4n) is 2.61. The van der Waals surface area contributed by atoms with Gasteiger partial charge >= 0.3 is 0 Å². The lowest BCUT2D eigenvalue weighted by atomic mass is 10.2. The molecule has 0 radical (unpaired) electrons. The molecule has 2 aliphatic heterocycles. The first-order chi connectivity index (χ1) is 10.1. The molecule has 21 heavy (non-hydrogen) atoms. The Morgan fingerprint density at radius 1 is 1.33 bits per heavy atom. The van der Waals surface area contributed by atoms with Gasteiger partial charge in [-0.15, -0.1) is 0 Å². The smallest absolute Gasteiger partial charge is 0.263 e. The fourth-order valence-corrected chi connectivity index (χ4v) is 3.86. The van der Waals surface area contributed by atoms with Crippen molar-refractivity contribution in [3.8, 4) is 0 Å². The number of aliphatic imine (C=N–C) groups is 1. The first-order valence-electron chi connectivity index (χ1n) is 7.06. The van der Waals surface area contributed by atoms with Crippen LogP contribution < -0.4 is 4.72 Å². The van der Waals surface area contributed by atoms with E-state index in [0.717, 1.165) is 26.3 Å². The third-order valence-corrected chi connectivity index (χ3v) is 5.24. The van der Waals surface area contributed by atoms with Crippen LogP contribution in [0.5, 0.6) is 0 Å². The number of sulfonamides is 1. The van der Waals surface area contributed by atoms with Gasteiger partial charge in [0.15, 0.2) is 0 Å². The summed E-state index contributed by atoms with van der Waals surface area (Å²) in [5.41, 5.74) is 0.659. The second-order valence-corrected chi connectivity index (χ2v) is 6.94. The van der Waals surface area contributed by atoms with Crippen LogP contribution in [-0.4, -0.2) is 58.0 Å². The van der Waals surface area contributed by atoms with Crippen LogP contribution in [0.25, 0.3) is 0 Å². The summed E-state index contributed by atoms with van der Waals surface area (Å²) in [7, 11) is -3.44. The zero-order valence-electron chi connectivity index (χ0n) is 11.9. The summed E-state index contributed by atoms with van der Waals surface area (Å²) in [4.78, 5) is 7.10. The molecule has 6 nitrogen and oxygen atoms in total. The summed E-state index contributed by atoms with van der Waals surface area (Å²) in [5, 5.41) is 0. The van der Waals surface area contributed by atoms with E-state index in [9.17, 15) is 8.42 Å². The van der Waals surface area contributed by atoms with E-state index in [4.69, 9.17) is 4.74 Å². The van der Waals surface area contributed by atoms with Gasteiger partial charge in [-0.2, -0.15) is 0 Å². The topological polar surface area (TPSA) is 71.0 Å². The van der Waals surface area contributed by atoms with Crippen molar-refractivity contribution in [1.29, 1.82) is 0 Å². The Balaban J connectivity index is 1.76. The van der Waals surface area contributed by atoms with Gasteiger partial charge in [-0.1, -0.05) is 12.1 Å². The summed E-state index contributed by atoms with van der Waals surface area (Å²) < 4.78 is 31.8. The normalized spacial score (nSPS) is 24.5. The lowest BCUT2D eigenvalue weighted by Gasteiger charge is -2.31. The largest absolute Gasteiger partial charge is 0.379 e. The molecule has 2 heterocycles. The number of hydrogen-bond acceptors (Lipinski definition) is 5. The van der Waals surface area contributed by atoms with E-state index in [1.54, 1.807) is 18.2 Å². The SMILES string of the molecule is C[C@H](CN=C1NS(=O)(=O)c2ccccc21)N1CCOCC1. The number of hydrogen-bond donors (Lipinski definition) is 1. The predicted molar refractivity (Wildman–Crippen MR) is 80.0 cm³/mol. The van der Waals surface area contributed by atoms with Gasteiger partial charge in [0.2, 0.25) is 0 Å². The summed E-state index contributed by atoms with van der Waals surface area (Å²) in [6.07, 6.45) is 0. The Labute approximate surface area is 124 Å². The maximum Gasteiger partial charge on any atom is 0.263 e. The first kappa shape index (κ1) is 14.5. The molecule has 0 amide bonds. The molecule has 0 aliphatic carbocycles.